The van der Waals surface area contributed by atoms with Crippen molar-refractivity contribution in [1.82, 2.24) is 0 Å². The van der Waals surface area contributed by atoms with E-state index in [-0.39, 0.29) is 17.9 Å². The Morgan fingerprint density at radius 2 is 1.62 bits per heavy atom. The predicted octanol–water partition coefficient (Wildman–Crippen LogP) is 5.40. The maximum absolute atomic E-state index is 13.5. The van der Waals surface area contributed by atoms with Crippen LogP contribution in [0.3, 0.4) is 0 Å². The summed E-state index contributed by atoms with van der Waals surface area (Å²) < 4.78 is 56.9. The second-order valence-electron chi connectivity index (χ2n) is 6.69. The van der Waals surface area contributed by atoms with E-state index in [0.717, 1.165) is 11.6 Å². The number of hydrogen-bond acceptors (Lipinski definition) is 3. The van der Waals surface area contributed by atoms with Crippen molar-refractivity contribution in [2.75, 3.05) is 0 Å². The molecule has 7 heteroatoms. The van der Waals surface area contributed by atoms with Crippen LogP contribution in [0.4, 0.5) is 13.2 Å². The molecule has 0 aromatic heterocycles. The third-order valence-electron chi connectivity index (χ3n) is 3.68. The lowest BCUT2D eigenvalue weighted by Crippen LogP contribution is -2.33. The first-order valence-electron chi connectivity index (χ1n) is 8.69. The normalized spacial score (nSPS) is 18.3. The summed E-state index contributed by atoms with van der Waals surface area (Å²) in [5.41, 5.74) is 0.830. The van der Waals surface area contributed by atoms with Gasteiger partial charge in [0.05, 0.1) is 0 Å². The smallest absolute Gasteiger partial charge is 0.461 e. The van der Waals surface area contributed by atoms with Crippen molar-refractivity contribution in [3.63, 3.8) is 0 Å². The Hall–Kier alpha value is -1.73. The maximum Gasteiger partial charge on any atom is 0.531 e. The van der Waals surface area contributed by atoms with Crippen molar-refractivity contribution in [1.29, 1.82) is 0 Å². The highest BCUT2D eigenvalue weighted by molar-refractivity contribution is 6.53. The molecule has 0 saturated heterocycles. The van der Waals surface area contributed by atoms with Crippen molar-refractivity contribution in [3.05, 3.63) is 59.5 Å². The van der Waals surface area contributed by atoms with Gasteiger partial charge in [-0.1, -0.05) is 30.3 Å². The van der Waals surface area contributed by atoms with Crippen LogP contribution < -0.4 is 0 Å². The first-order valence-corrected chi connectivity index (χ1v) is 8.69. The van der Waals surface area contributed by atoms with E-state index in [0.29, 0.717) is 6.42 Å². The zero-order valence-corrected chi connectivity index (χ0v) is 15.4. The van der Waals surface area contributed by atoms with Gasteiger partial charge in [-0.25, -0.2) is 0 Å². The van der Waals surface area contributed by atoms with E-state index in [1.54, 1.807) is 58.0 Å². The van der Waals surface area contributed by atoms with Gasteiger partial charge in [0.1, 0.15) is 5.66 Å². The van der Waals surface area contributed by atoms with Gasteiger partial charge in [-0.05, 0) is 51.8 Å². The molecule has 0 amide bonds. The SMILES string of the molecule is CC(C)OB(OC(C)C)C1=CCC(c2ccccc2)C=C(C(F)(F)F)O1. The van der Waals surface area contributed by atoms with Gasteiger partial charge in [0.15, 0.2) is 0 Å². The number of alkyl halides is 3. The van der Waals surface area contributed by atoms with E-state index in [1.165, 1.54) is 0 Å². The van der Waals surface area contributed by atoms with Gasteiger partial charge in [0.2, 0.25) is 5.76 Å². The van der Waals surface area contributed by atoms with Crippen LogP contribution in [0.5, 0.6) is 0 Å². The maximum atomic E-state index is 13.5. The highest BCUT2D eigenvalue weighted by atomic mass is 19.4. The van der Waals surface area contributed by atoms with Gasteiger partial charge in [-0.2, -0.15) is 13.2 Å². The first-order chi connectivity index (χ1) is 12.2. The summed E-state index contributed by atoms with van der Waals surface area (Å²) in [5, 5.41) is 0. The molecule has 3 nitrogen and oxygen atoms in total. The Balaban J connectivity index is 2.36. The van der Waals surface area contributed by atoms with E-state index in [4.69, 9.17) is 14.0 Å². The van der Waals surface area contributed by atoms with Crippen LogP contribution >= 0.6 is 0 Å². The fourth-order valence-corrected chi connectivity index (χ4v) is 2.59. The highest BCUT2D eigenvalue weighted by Crippen LogP contribution is 2.36. The second kappa shape index (κ2) is 8.78. The predicted molar refractivity (Wildman–Crippen MR) is 95.3 cm³/mol. The molecule has 1 atom stereocenters. The second-order valence-corrected chi connectivity index (χ2v) is 6.69. The van der Waals surface area contributed by atoms with Crippen molar-refractivity contribution in [2.45, 2.75) is 58.4 Å². The number of allylic oxidation sites excluding steroid dienone is 3. The molecule has 1 aliphatic heterocycles. The molecular formula is C19H24BF3O3. The molecule has 1 aromatic carbocycles. The van der Waals surface area contributed by atoms with Crippen molar-refractivity contribution >= 4 is 7.12 Å². The van der Waals surface area contributed by atoms with Crippen LogP contribution in [-0.4, -0.2) is 25.5 Å². The molecule has 1 heterocycles. The number of ether oxygens (including phenoxy) is 1. The van der Waals surface area contributed by atoms with Gasteiger partial charge in [0, 0.05) is 18.1 Å². The minimum Gasteiger partial charge on any atom is -0.461 e. The van der Waals surface area contributed by atoms with Crippen molar-refractivity contribution < 1.29 is 27.2 Å². The Morgan fingerprint density at radius 3 is 2.12 bits per heavy atom. The quantitative estimate of drug-likeness (QED) is 0.630. The third-order valence-corrected chi connectivity index (χ3v) is 3.68. The summed E-state index contributed by atoms with van der Waals surface area (Å²) in [6.07, 6.45) is -1.94. The lowest BCUT2D eigenvalue weighted by molar-refractivity contribution is -0.123. The molecule has 26 heavy (non-hydrogen) atoms. The van der Waals surface area contributed by atoms with Crippen LogP contribution in [0, 0.1) is 0 Å². The number of benzene rings is 1. The van der Waals surface area contributed by atoms with E-state index in [9.17, 15) is 13.2 Å². The molecule has 0 radical (unpaired) electrons. The van der Waals surface area contributed by atoms with E-state index >= 15 is 0 Å². The van der Waals surface area contributed by atoms with E-state index in [1.807, 2.05) is 6.07 Å². The van der Waals surface area contributed by atoms with Crippen molar-refractivity contribution in [2.24, 2.45) is 0 Å². The number of hydrogen-bond donors (Lipinski definition) is 0. The van der Waals surface area contributed by atoms with E-state index in [2.05, 4.69) is 0 Å². The highest BCUT2D eigenvalue weighted by Gasteiger charge is 2.41. The van der Waals surface area contributed by atoms with Crippen LogP contribution in [-0.2, 0) is 14.0 Å². The Labute approximate surface area is 153 Å². The van der Waals surface area contributed by atoms with Crippen LogP contribution in [0.2, 0.25) is 0 Å². The summed E-state index contributed by atoms with van der Waals surface area (Å²) in [6, 6.07) is 9.05. The lowest BCUT2D eigenvalue weighted by atomic mass is 9.83. The molecule has 0 bridgehead atoms. The van der Waals surface area contributed by atoms with E-state index < -0.39 is 25.0 Å². The minimum atomic E-state index is -4.60. The molecule has 0 N–H and O–H groups in total. The summed E-state index contributed by atoms with van der Waals surface area (Å²) >= 11 is 0. The first kappa shape index (κ1) is 20.6. The van der Waals surface area contributed by atoms with Crippen LogP contribution in [0.15, 0.2) is 53.9 Å². The fourth-order valence-electron chi connectivity index (χ4n) is 2.59. The van der Waals surface area contributed by atoms with Crippen LogP contribution in [0.1, 0.15) is 45.6 Å². The standard InChI is InChI=1S/C19H24BF3O3/c1-13(2)25-20(26-14(3)4)18-11-10-16(15-8-6-5-7-9-15)12-17(24-18)19(21,22)23/h5-9,11-14,16H,10H2,1-4H3. The average molecular weight is 368 g/mol. The Bertz CT molecular complexity index is 629. The summed E-state index contributed by atoms with van der Waals surface area (Å²) in [5.74, 6) is -1.48. The molecule has 0 aliphatic carbocycles. The van der Waals surface area contributed by atoms with Gasteiger partial charge in [-0.15, -0.1) is 0 Å². The fraction of sp³-hybridized carbons (Fsp3) is 0.474. The average Bonchev–Trinajstić information content (AvgIpc) is 2.77. The molecule has 2 rings (SSSR count). The molecule has 142 valence electrons. The molecule has 0 fully saturated rings. The monoisotopic (exact) mass is 368 g/mol. The Morgan fingerprint density at radius 1 is 1.04 bits per heavy atom. The minimum absolute atomic E-state index is 0.0365. The third kappa shape index (κ3) is 5.92. The summed E-state index contributed by atoms with van der Waals surface area (Å²) in [4.78, 5) is 0. The number of halogens is 3. The largest absolute Gasteiger partial charge is 0.531 e. The summed E-state index contributed by atoms with van der Waals surface area (Å²) in [7, 11) is -0.990. The zero-order valence-electron chi connectivity index (χ0n) is 15.4. The van der Waals surface area contributed by atoms with Crippen LogP contribution in [0.25, 0.3) is 0 Å². The van der Waals surface area contributed by atoms with Gasteiger partial charge in [-0.3, -0.25) is 0 Å². The zero-order chi connectivity index (χ0) is 19.3. The topological polar surface area (TPSA) is 27.7 Å². The molecule has 1 unspecified atom stereocenters. The molecular weight excluding hydrogens is 344 g/mol. The van der Waals surface area contributed by atoms with Crippen molar-refractivity contribution in [3.8, 4) is 0 Å². The Kier molecular flexibility index (Phi) is 6.95. The molecule has 1 aliphatic rings. The van der Waals surface area contributed by atoms with Gasteiger partial charge < -0.3 is 14.0 Å². The lowest BCUT2D eigenvalue weighted by Gasteiger charge is -2.22. The van der Waals surface area contributed by atoms with Gasteiger partial charge in [0.25, 0.3) is 0 Å². The molecule has 0 saturated carbocycles. The molecule has 1 aromatic rings. The van der Waals surface area contributed by atoms with Gasteiger partial charge >= 0.3 is 13.3 Å². The number of rotatable bonds is 6. The summed E-state index contributed by atoms with van der Waals surface area (Å²) in [6.45, 7) is 7.17. The molecule has 0 spiro atoms.